The monoisotopic (exact) mass is 203 g/mol. The van der Waals surface area contributed by atoms with Gasteiger partial charge in [-0.15, -0.1) is 0 Å². The van der Waals surface area contributed by atoms with Crippen LogP contribution in [0.2, 0.25) is 12.6 Å². The van der Waals surface area contributed by atoms with E-state index < -0.39 is 0 Å². The summed E-state index contributed by atoms with van der Waals surface area (Å²) in [7, 11) is 0. The molecule has 80 valence electrons. The fourth-order valence-electron chi connectivity index (χ4n) is 2.88. The lowest BCUT2D eigenvalue weighted by atomic mass is 9.40. The molecular formula is C11H18BN3. The third-order valence-electron chi connectivity index (χ3n) is 3.74. The fraction of sp³-hybridized carbons (Fsp3) is 0.727. The minimum absolute atomic E-state index is 0.278. The maximum atomic E-state index is 8.92. The average Bonchev–Trinajstić information content (AvgIpc) is 2.64. The fourth-order valence-corrected chi connectivity index (χ4v) is 2.88. The van der Waals surface area contributed by atoms with Crippen molar-refractivity contribution >= 4 is 6.71 Å². The second kappa shape index (κ2) is 4.18. The molecule has 2 rings (SSSR count). The van der Waals surface area contributed by atoms with Crippen molar-refractivity contribution in [2.75, 3.05) is 13.1 Å². The summed E-state index contributed by atoms with van der Waals surface area (Å²) in [4.78, 5) is 2.39. The molecule has 2 heterocycles. The lowest BCUT2D eigenvalue weighted by Gasteiger charge is -2.38. The number of hydrogen-bond donors (Lipinski definition) is 1. The Labute approximate surface area is 92.2 Å². The summed E-state index contributed by atoms with van der Waals surface area (Å²) in [6, 6.07) is 0.595. The van der Waals surface area contributed by atoms with Crippen LogP contribution in [-0.4, -0.2) is 30.7 Å². The molecule has 0 bridgehead atoms. The molecule has 0 amide bonds. The van der Waals surface area contributed by atoms with Gasteiger partial charge in [-0.2, -0.15) is 0 Å². The van der Waals surface area contributed by atoms with Crippen LogP contribution in [0.4, 0.5) is 0 Å². The van der Waals surface area contributed by atoms with Crippen LogP contribution in [0, 0.1) is 17.1 Å². The van der Waals surface area contributed by atoms with Crippen LogP contribution in [0.3, 0.4) is 0 Å². The third kappa shape index (κ3) is 1.97. The molecular weight excluding hydrogens is 185 g/mol. The van der Waals surface area contributed by atoms with Crippen LogP contribution in [-0.2, 0) is 0 Å². The molecule has 2 unspecified atom stereocenters. The number of nitrogens with zero attached hydrogens (tertiary/aromatic N) is 2. The molecule has 0 aromatic heterocycles. The molecule has 2 saturated heterocycles. The molecule has 1 N–H and O–H groups in total. The quantitative estimate of drug-likeness (QED) is 0.653. The van der Waals surface area contributed by atoms with E-state index >= 15 is 0 Å². The number of hydrogen-bond acceptors (Lipinski definition) is 3. The highest BCUT2D eigenvalue weighted by atomic mass is 15.3. The van der Waals surface area contributed by atoms with E-state index in [4.69, 9.17) is 5.26 Å². The minimum atomic E-state index is 0.278. The van der Waals surface area contributed by atoms with E-state index in [1.807, 2.05) is 0 Å². The number of nitriles is 1. The van der Waals surface area contributed by atoms with Gasteiger partial charge in [-0.25, -0.2) is 5.26 Å². The van der Waals surface area contributed by atoms with E-state index in [2.05, 4.69) is 29.7 Å². The van der Waals surface area contributed by atoms with Crippen molar-refractivity contribution < 1.29 is 0 Å². The second-order valence-electron chi connectivity index (χ2n) is 4.75. The van der Waals surface area contributed by atoms with Crippen molar-refractivity contribution in [3.05, 3.63) is 12.4 Å². The summed E-state index contributed by atoms with van der Waals surface area (Å²) < 4.78 is 0. The van der Waals surface area contributed by atoms with Crippen LogP contribution in [0.5, 0.6) is 0 Å². The first-order chi connectivity index (χ1) is 7.22. The van der Waals surface area contributed by atoms with Crippen LogP contribution in [0.25, 0.3) is 0 Å². The maximum absolute atomic E-state index is 8.92. The molecule has 15 heavy (non-hydrogen) atoms. The Bertz CT molecular complexity index is 297. The zero-order chi connectivity index (χ0) is 10.8. The molecule has 0 spiro atoms. The van der Waals surface area contributed by atoms with Crippen LogP contribution in [0.1, 0.15) is 13.3 Å². The lowest BCUT2D eigenvalue weighted by Crippen LogP contribution is -2.42. The first-order valence-corrected chi connectivity index (χ1v) is 5.81. The van der Waals surface area contributed by atoms with Gasteiger partial charge >= 0.3 is 0 Å². The number of nitrogens with one attached hydrogen (secondary N) is 1. The van der Waals surface area contributed by atoms with Gasteiger partial charge in [0.2, 0.25) is 0 Å². The van der Waals surface area contributed by atoms with Crippen LogP contribution < -0.4 is 5.32 Å². The Morgan fingerprint density at radius 1 is 1.67 bits per heavy atom. The summed E-state index contributed by atoms with van der Waals surface area (Å²) in [6.07, 6.45) is 3.24. The minimum Gasteiger partial charge on any atom is -0.370 e. The van der Waals surface area contributed by atoms with Crippen molar-refractivity contribution in [1.29, 1.82) is 5.26 Å². The molecule has 0 aromatic rings. The van der Waals surface area contributed by atoms with E-state index in [9.17, 15) is 0 Å². The standard InChI is InChI=1S/C11H18BN3/c1-9-7-12(8-13)4-3-11(9)15-6-5-14-10(15)2/h9,11,14H,2-7H2,1H3. The van der Waals surface area contributed by atoms with Crippen LogP contribution >= 0.6 is 0 Å². The van der Waals surface area contributed by atoms with Crippen molar-refractivity contribution in [2.45, 2.75) is 32.0 Å². The van der Waals surface area contributed by atoms with E-state index in [1.165, 1.54) is 0 Å². The Kier molecular flexibility index (Phi) is 2.90. The van der Waals surface area contributed by atoms with Crippen molar-refractivity contribution in [3.63, 3.8) is 0 Å². The predicted octanol–water partition coefficient (Wildman–Crippen LogP) is 1.33. The predicted molar refractivity (Wildman–Crippen MR) is 62.4 cm³/mol. The zero-order valence-electron chi connectivity index (χ0n) is 9.37. The SMILES string of the molecule is C=C1NCCN1C1CCB(C#N)CC1C. The summed E-state index contributed by atoms with van der Waals surface area (Å²) in [5, 5.41) is 12.2. The lowest BCUT2D eigenvalue weighted by molar-refractivity contribution is 0.213. The number of rotatable bonds is 1. The molecule has 2 aliphatic heterocycles. The summed E-state index contributed by atoms with van der Waals surface area (Å²) in [5.41, 5.74) is 0. The van der Waals surface area contributed by atoms with E-state index in [0.717, 1.165) is 38.0 Å². The molecule has 2 fully saturated rings. The summed E-state index contributed by atoms with van der Waals surface area (Å²) in [5.74, 6) is 4.08. The molecule has 2 aliphatic rings. The van der Waals surface area contributed by atoms with Gasteiger partial charge in [0.15, 0.2) is 0 Å². The van der Waals surface area contributed by atoms with Crippen molar-refractivity contribution in [3.8, 4) is 5.97 Å². The van der Waals surface area contributed by atoms with Gasteiger partial charge in [0, 0.05) is 25.1 Å². The topological polar surface area (TPSA) is 39.1 Å². The van der Waals surface area contributed by atoms with Gasteiger partial charge in [-0.05, 0) is 12.3 Å². The van der Waals surface area contributed by atoms with Crippen LogP contribution in [0.15, 0.2) is 12.4 Å². The van der Waals surface area contributed by atoms with Gasteiger partial charge in [-0.1, -0.05) is 26.1 Å². The average molecular weight is 203 g/mol. The molecule has 0 aromatic carbocycles. The van der Waals surface area contributed by atoms with Gasteiger partial charge in [0.1, 0.15) is 0 Å². The zero-order valence-corrected chi connectivity index (χ0v) is 9.37. The van der Waals surface area contributed by atoms with Crippen molar-refractivity contribution in [1.82, 2.24) is 10.2 Å². The molecule has 2 atom stereocenters. The van der Waals surface area contributed by atoms with Gasteiger partial charge in [-0.3, -0.25) is 0 Å². The smallest absolute Gasteiger partial charge is 0.268 e. The summed E-state index contributed by atoms with van der Waals surface area (Å²) in [6.45, 7) is 8.67. The largest absolute Gasteiger partial charge is 0.370 e. The molecule has 0 radical (unpaired) electrons. The van der Waals surface area contributed by atoms with E-state index in [0.29, 0.717) is 12.0 Å². The van der Waals surface area contributed by atoms with E-state index in [1.54, 1.807) is 0 Å². The molecule has 0 aliphatic carbocycles. The Morgan fingerprint density at radius 3 is 3.00 bits per heavy atom. The van der Waals surface area contributed by atoms with E-state index in [-0.39, 0.29) is 6.71 Å². The Balaban J connectivity index is 1.99. The first kappa shape index (κ1) is 10.4. The van der Waals surface area contributed by atoms with Gasteiger partial charge in [0.25, 0.3) is 6.71 Å². The molecule has 0 saturated carbocycles. The highest BCUT2D eigenvalue weighted by molar-refractivity contribution is 6.67. The van der Waals surface area contributed by atoms with Crippen molar-refractivity contribution in [2.24, 2.45) is 5.92 Å². The summed E-state index contributed by atoms with van der Waals surface area (Å²) >= 11 is 0. The molecule has 4 heteroatoms. The normalized spacial score (nSPS) is 31.3. The molecule has 3 nitrogen and oxygen atoms in total. The first-order valence-electron chi connectivity index (χ1n) is 5.81. The van der Waals surface area contributed by atoms with Gasteiger partial charge < -0.3 is 10.2 Å². The van der Waals surface area contributed by atoms with Gasteiger partial charge in [0.05, 0.1) is 5.82 Å². The Morgan fingerprint density at radius 2 is 2.47 bits per heavy atom. The third-order valence-corrected chi connectivity index (χ3v) is 3.74. The maximum Gasteiger partial charge on any atom is 0.268 e. The Hall–Kier alpha value is -1.11. The highest BCUT2D eigenvalue weighted by Crippen LogP contribution is 2.31. The highest BCUT2D eigenvalue weighted by Gasteiger charge is 2.35. The second-order valence-corrected chi connectivity index (χ2v) is 4.75.